The van der Waals surface area contributed by atoms with Crippen molar-refractivity contribution >= 4 is 5.97 Å². The molecule has 18 heavy (non-hydrogen) atoms. The van der Waals surface area contributed by atoms with Crippen molar-refractivity contribution in [2.45, 2.75) is 38.0 Å². The van der Waals surface area contributed by atoms with Crippen LogP contribution in [-0.2, 0) is 4.79 Å². The Morgan fingerprint density at radius 3 is 2.67 bits per heavy atom. The van der Waals surface area contributed by atoms with Gasteiger partial charge in [0.2, 0.25) is 0 Å². The molecular formula is C14H19NO3. The Balaban J connectivity index is 2.15. The second kappa shape index (κ2) is 5.50. The standard InChI is InChI=1S/C14H19NO3/c1-9-12(16)7-11(8-13(17)18)15-14(9)10-5-3-2-4-6-10/h2-6,9,11-12,14-16H,7-8H2,1H3,(H,17,18)/t9-,11-,12+,14+/m0/s1. The van der Waals surface area contributed by atoms with Gasteiger partial charge in [0.15, 0.2) is 0 Å². The summed E-state index contributed by atoms with van der Waals surface area (Å²) in [6.45, 7) is 1.99. The van der Waals surface area contributed by atoms with E-state index in [9.17, 15) is 9.90 Å². The van der Waals surface area contributed by atoms with Crippen LogP contribution in [0.3, 0.4) is 0 Å². The lowest BCUT2D eigenvalue weighted by atomic mass is 9.82. The molecule has 1 saturated heterocycles. The van der Waals surface area contributed by atoms with Gasteiger partial charge in [-0.05, 0) is 12.0 Å². The van der Waals surface area contributed by atoms with Gasteiger partial charge in [0.1, 0.15) is 0 Å². The number of aliphatic hydroxyl groups excluding tert-OH is 1. The van der Waals surface area contributed by atoms with Gasteiger partial charge < -0.3 is 15.5 Å². The number of piperidine rings is 1. The predicted octanol–water partition coefficient (Wildman–Crippen LogP) is 1.56. The first-order valence-corrected chi connectivity index (χ1v) is 6.28. The summed E-state index contributed by atoms with van der Waals surface area (Å²) in [6.07, 6.45) is 0.0880. The molecule has 0 amide bonds. The highest BCUT2D eigenvalue weighted by Crippen LogP contribution is 2.32. The number of carbonyl (C=O) groups is 1. The number of nitrogens with one attached hydrogen (secondary N) is 1. The second-order valence-electron chi connectivity index (χ2n) is 5.01. The number of carboxylic acid groups (broad SMARTS) is 1. The fourth-order valence-corrected chi connectivity index (χ4v) is 2.62. The molecule has 0 bridgehead atoms. The van der Waals surface area contributed by atoms with Crippen LogP contribution >= 0.6 is 0 Å². The van der Waals surface area contributed by atoms with Crippen LogP contribution in [0.5, 0.6) is 0 Å². The molecule has 3 N–H and O–H groups in total. The lowest BCUT2D eigenvalue weighted by molar-refractivity contribution is -0.138. The normalized spacial score (nSPS) is 32.1. The number of rotatable bonds is 3. The molecule has 4 atom stereocenters. The second-order valence-corrected chi connectivity index (χ2v) is 5.01. The van der Waals surface area contributed by atoms with Crippen molar-refractivity contribution in [3.05, 3.63) is 35.9 Å². The van der Waals surface area contributed by atoms with E-state index in [1.807, 2.05) is 37.3 Å². The Kier molecular flexibility index (Phi) is 3.99. The lowest BCUT2D eigenvalue weighted by Crippen LogP contribution is -2.48. The zero-order valence-electron chi connectivity index (χ0n) is 10.4. The van der Waals surface area contributed by atoms with Gasteiger partial charge in [-0.25, -0.2) is 0 Å². The van der Waals surface area contributed by atoms with E-state index in [2.05, 4.69) is 5.32 Å². The monoisotopic (exact) mass is 249 g/mol. The number of benzene rings is 1. The first-order chi connectivity index (χ1) is 8.58. The zero-order valence-corrected chi connectivity index (χ0v) is 10.4. The van der Waals surface area contributed by atoms with E-state index in [1.54, 1.807) is 0 Å². The summed E-state index contributed by atoms with van der Waals surface area (Å²) in [4.78, 5) is 10.8. The minimum atomic E-state index is -0.832. The quantitative estimate of drug-likeness (QED) is 0.760. The Bertz CT molecular complexity index is 407. The van der Waals surface area contributed by atoms with E-state index < -0.39 is 12.1 Å². The Morgan fingerprint density at radius 2 is 2.06 bits per heavy atom. The molecule has 2 rings (SSSR count). The maximum atomic E-state index is 10.8. The average Bonchev–Trinajstić information content (AvgIpc) is 2.34. The van der Waals surface area contributed by atoms with Crippen molar-refractivity contribution in [3.63, 3.8) is 0 Å². The van der Waals surface area contributed by atoms with Crippen LogP contribution in [0.15, 0.2) is 30.3 Å². The summed E-state index contributed by atoms with van der Waals surface area (Å²) < 4.78 is 0. The molecule has 1 aromatic carbocycles. The van der Waals surface area contributed by atoms with Crippen LogP contribution in [-0.4, -0.2) is 28.3 Å². The fourth-order valence-electron chi connectivity index (χ4n) is 2.62. The smallest absolute Gasteiger partial charge is 0.304 e. The molecule has 0 radical (unpaired) electrons. The van der Waals surface area contributed by atoms with Crippen molar-refractivity contribution in [1.29, 1.82) is 0 Å². The van der Waals surface area contributed by atoms with Crippen molar-refractivity contribution < 1.29 is 15.0 Å². The van der Waals surface area contributed by atoms with Gasteiger partial charge in [0, 0.05) is 18.0 Å². The SMILES string of the molecule is C[C@H]1[C@H](O)C[C@@H](CC(=O)O)N[C@H]1c1ccccc1. The van der Waals surface area contributed by atoms with Crippen LogP contribution in [0, 0.1) is 5.92 Å². The fraction of sp³-hybridized carbons (Fsp3) is 0.500. The van der Waals surface area contributed by atoms with E-state index in [4.69, 9.17) is 5.11 Å². The minimum Gasteiger partial charge on any atom is -0.481 e. The number of carboxylic acids is 1. The maximum absolute atomic E-state index is 10.8. The topological polar surface area (TPSA) is 69.6 Å². The van der Waals surface area contributed by atoms with Gasteiger partial charge in [-0.2, -0.15) is 0 Å². The molecule has 0 spiro atoms. The van der Waals surface area contributed by atoms with Crippen LogP contribution in [0.25, 0.3) is 0 Å². The van der Waals surface area contributed by atoms with E-state index in [-0.39, 0.29) is 24.4 Å². The maximum Gasteiger partial charge on any atom is 0.304 e. The number of hydrogen-bond acceptors (Lipinski definition) is 3. The van der Waals surface area contributed by atoms with Gasteiger partial charge in [-0.15, -0.1) is 0 Å². The first-order valence-electron chi connectivity index (χ1n) is 6.28. The molecule has 0 aromatic heterocycles. The van der Waals surface area contributed by atoms with Gasteiger partial charge in [-0.1, -0.05) is 37.3 Å². The molecule has 1 aliphatic heterocycles. The first kappa shape index (κ1) is 13.1. The highest BCUT2D eigenvalue weighted by molar-refractivity contribution is 5.67. The molecule has 98 valence electrons. The Morgan fingerprint density at radius 1 is 1.39 bits per heavy atom. The number of aliphatic hydroxyl groups is 1. The molecule has 1 aromatic rings. The van der Waals surface area contributed by atoms with Gasteiger partial charge >= 0.3 is 5.97 Å². The van der Waals surface area contributed by atoms with Gasteiger partial charge in [-0.3, -0.25) is 4.79 Å². The highest BCUT2D eigenvalue weighted by atomic mass is 16.4. The number of hydrogen-bond donors (Lipinski definition) is 3. The molecule has 4 nitrogen and oxygen atoms in total. The molecule has 1 fully saturated rings. The molecule has 0 aliphatic carbocycles. The van der Waals surface area contributed by atoms with E-state index in [0.29, 0.717) is 6.42 Å². The van der Waals surface area contributed by atoms with Crippen molar-refractivity contribution in [3.8, 4) is 0 Å². The molecule has 4 heteroatoms. The number of aliphatic carboxylic acids is 1. The van der Waals surface area contributed by atoms with Crippen LogP contribution in [0.2, 0.25) is 0 Å². The van der Waals surface area contributed by atoms with Crippen molar-refractivity contribution in [2.75, 3.05) is 0 Å². The predicted molar refractivity (Wildman–Crippen MR) is 68.1 cm³/mol. The summed E-state index contributed by atoms with van der Waals surface area (Å²) in [5.41, 5.74) is 1.10. The van der Waals surface area contributed by atoms with E-state index in [0.717, 1.165) is 5.56 Å². The van der Waals surface area contributed by atoms with Crippen LogP contribution in [0.1, 0.15) is 31.4 Å². The zero-order chi connectivity index (χ0) is 13.1. The Labute approximate surface area is 107 Å². The molecule has 1 aliphatic rings. The third-order valence-electron chi connectivity index (χ3n) is 3.65. The van der Waals surface area contributed by atoms with Crippen molar-refractivity contribution in [1.82, 2.24) is 5.32 Å². The van der Waals surface area contributed by atoms with Crippen LogP contribution < -0.4 is 5.32 Å². The van der Waals surface area contributed by atoms with Crippen LogP contribution in [0.4, 0.5) is 0 Å². The summed E-state index contributed by atoms with van der Waals surface area (Å²) >= 11 is 0. The van der Waals surface area contributed by atoms with E-state index in [1.165, 1.54) is 0 Å². The molecule has 1 heterocycles. The molecule has 0 saturated carbocycles. The summed E-state index contributed by atoms with van der Waals surface area (Å²) in [5, 5.41) is 22.3. The van der Waals surface area contributed by atoms with Gasteiger partial charge in [0.05, 0.1) is 12.5 Å². The average molecular weight is 249 g/mol. The molecule has 0 unspecified atom stereocenters. The lowest BCUT2D eigenvalue weighted by Gasteiger charge is -2.39. The largest absolute Gasteiger partial charge is 0.481 e. The summed E-state index contributed by atoms with van der Waals surface area (Å²) in [7, 11) is 0. The third-order valence-corrected chi connectivity index (χ3v) is 3.65. The molecular weight excluding hydrogens is 230 g/mol. The van der Waals surface area contributed by atoms with E-state index >= 15 is 0 Å². The van der Waals surface area contributed by atoms with Gasteiger partial charge in [0.25, 0.3) is 0 Å². The third kappa shape index (κ3) is 2.89. The summed E-state index contributed by atoms with van der Waals surface area (Å²) in [6, 6.07) is 9.71. The van der Waals surface area contributed by atoms with Crippen molar-refractivity contribution in [2.24, 2.45) is 5.92 Å². The Hall–Kier alpha value is -1.39. The summed E-state index contributed by atoms with van der Waals surface area (Å²) in [5.74, 6) is -0.751. The minimum absolute atomic E-state index is 0.0132. The highest BCUT2D eigenvalue weighted by Gasteiger charge is 2.35.